The number of methoxy groups -OCH3 is 1. The Morgan fingerprint density at radius 3 is 2.69 bits per heavy atom. The minimum Gasteiger partial charge on any atom is -0.497 e. The molecule has 8 nitrogen and oxygen atoms in total. The van der Waals surface area contributed by atoms with E-state index in [2.05, 4.69) is 21.6 Å². The zero-order valence-electron chi connectivity index (χ0n) is 19.6. The van der Waals surface area contributed by atoms with E-state index in [0.717, 1.165) is 30.5 Å². The first-order chi connectivity index (χ1) is 17.0. The standard InChI is InChI=1S/C26H28N4O4S/c1-34-18-8-9-22-20(15-18)21(16-27-22)17-10-13-29(14-11-17)26(31)23-6-4-12-30(23)25-19-5-2-3-7-24(19)35(32,33)28-25/h2-3,5,7-9,15-17,23,27H,4,6,10-14H2,1H3/t23-/m0/s1. The van der Waals surface area contributed by atoms with Crippen molar-refractivity contribution >= 4 is 32.7 Å². The van der Waals surface area contributed by atoms with Crippen LogP contribution in [-0.4, -0.2) is 67.7 Å². The summed E-state index contributed by atoms with van der Waals surface area (Å²) in [6.07, 6.45) is 5.41. The Morgan fingerprint density at radius 2 is 1.89 bits per heavy atom. The second kappa shape index (κ2) is 8.41. The Balaban J connectivity index is 1.18. The normalized spacial score (nSPS) is 21.9. The van der Waals surface area contributed by atoms with Gasteiger partial charge < -0.3 is 19.5 Å². The Morgan fingerprint density at radius 1 is 1.09 bits per heavy atom. The fourth-order valence-electron chi connectivity index (χ4n) is 5.78. The molecular weight excluding hydrogens is 464 g/mol. The SMILES string of the molecule is COc1ccc2[nH]cc(C3CCN(C(=O)[C@@H]4CCCN4C4=NS(=O)(=O)c5ccccc54)CC3)c2c1. The van der Waals surface area contributed by atoms with Gasteiger partial charge in [-0.1, -0.05) is 12.1 Å². The van der Waals surface area contributed by atoms with Crippen molar-refractivity contribution in [1.29, 1.82) is 0 Å². The van der Waals surface area contributed by atoms with Gasteiger partial charge in [0.2, 0.25) is 5.91 Å². The molecule has 1 atom stereocenters. The highest BCUT2D eigenvalue weighted by atomic mass is 32.2. The van der Waals surface area contributed by atoms with Crippen LogP contribution in [0.4, 0.5) is 0 Å². The summed E-state index contributed by atoms with van der Waals surface area (Å²) in [7, 11) is -2.04. The lowest BCUT2D eigenvalue weighted by molar-refractivity contribution is -0.135. The van der Waals surface area contributed by atoms with Crippen LogP contribution in [0.3, 0.4) is 0 Å². The molecule has 0 aliphatic carbocycles. The number of hydrogen-bond donors (Lipinski definition) is 1. The van der Waals surface area contributed by atoms with Crippen molar-refractivity contribution in [1.82, 2.24) is 14.8 Å². The lowest BCUT2D eigenvalue weighted by Gasteiger charge is -2.36. The molecule has 1 N–H and O–H groups in total. The average molecular weight is 493 g/mol. The molecule has 0 radical (unpaired) electrons. The maximum atomic E-state index is 13.6. The summed E-state index contributed by atoms with van der Waals surface area (Å²) in [6, 6.07) is 12.6. The zero-order chi connectivity index (χ0) is 24.2. The molecule has 3 aliphatic rings. The van der Waals surface area contributed by atoms with E-state index in [0.29, 0.717) is 43.4 Å². The van der Waals surface area contributed by atoms with Crippen molar-refractivity contribution in [2.75, 3.05) is 26.7 Å². The Labute approximate surface area is 204 Å². The second-order valence-corrected chi connectivity index (χ2v) is 11.1. The Hall–Kier alpha value is -3.33. The fourth-order valence-corrected chi connectivity index (χ4v) is 7.00. The largest absolute Gasteiger partial charge is 0.497 e. The van der Waals surface area contributed by atoms with Crippen LogP contribution in [0.15, 0.2) is 58.0 Å². The summed E-state index contributed by atoms with van der Waals surface area (Å²) in [5.41, 5.74) is 2.96. The molecule has 4 heterocycles. The van der Waals surface area contributed by atoms with Gasteiger partial charge in [0.05, 0.1) is 7.11 Å². The molecule has 1 amide bonds. The monoisotopic (exact) mass is 492 g/mol. The van der Waals surface area contributed by atoms with Gasteiger partial charge in [-0.05, 0) is 67.5 Å². The summed E-state index contributed by atoms with van der Waals surface area (Å²) < 4.78 is 34.6. The summed E-state index contributed by atoms with van der Waals surface area (Å²) in [5.74, 6) is 1.70. The number of fused-ring (bicyclic) bond motifs is 2. The van der Waals surface area contributed by atoms with Crippen molar-refractivity contribution in [3.8, 4) is 5.75 Å². The first-order valence-electron chi connectivity index (χ1n) is 12.1. The highest BCUT2D eigenvalue weighted by molar-refractivity contribution is 7.90. The summed E-state index contributed by atoms with van der Waals surface area (Å²) >= 11 is 0. The van der Waals surface area contributed by atoms with Crippen LogP contribution in [0.5, 0.6) is 5.75 Å². The predicted molar refractivity (Wildman–Crippen MR) is 133 cm³/mol. The summed E-state index contributed by atoms with van der Waals surface area (Å²) in [5, 5.41) is 1.18. The quantitative estimate of drug-likeness (QED) is 0.604. The third-order valence-electron chi connectivity index (χ3n) is 7.59. The van der Waals surface area contributed by atoms with E-state index >= 15 is 0 Å². The van der Waals surface area contributed by atoms with Crippen LogP contribution in [0.2, 0.25) is 0 Å². The summed E-state index contributed by atoms with van der Waals surface area (Å²) in [4.78, 5) is 21.0. The van der Waals surface area contributed by atoms with E-state index in [1.807, 2.05) is 28.0 Å². The number of amides is 1. The molecule has 35 heavy (non-hydrogen) atoms. The third kappa shape index (κ3) is 3.69. The van der Waals surface area contributed by atoms with Gasteiger partial charge in [-0.3, -0.25) is 4.79 Å². The summed E-state index contributed by atoms with van der Waals surface area (Å²) in [6.45, 7) is 2.00. The van der Waals surface area contributed by atoms with Gasteiger partial charge in [0, 0.05) is 42.3 Å². The number of carbonyl (C=O) groups excluding carboxylic acids is 1. The molecule has 2 saturated heterocycles. The second-order valence-electron chi connectivity index (χ2n) is 9.49. The van der Waals surface area contributed by atoms with Crippen LogP contribution in [0.25, 0.3) is 10.9 Å². The van der Waals surface area contributed by atoms with Gasteiger partial charge >= 0.3 is 0 Å². The number of hydrogen-bond acceptors (Lipinski definition) is 5. The van der Waals surface area contributed by atoms with Crippen molar-refractivity contribution in [3.63, 3.8) is 0 Å². The van der Waals surface area contributed by atoms with Crippen LogP contribution >= 0.6 is 0 Å². The van der Waals surface area contributed by atoms with E-state index in [9.17, 15) is 13.2 Å². The van der Waals surface area contributed by atoms with Gasteiger partial charge in [0.15, 0.2) is 5.84 Å². The number of amidine groups is 1. The number of sulfonamides is 1. The smallest absolute Gasteiger partial charge is 0.285 e. The average Bonchev–Trinajstić information content (AvgIpc) is 3.59. The van der Waals surface area contributed by atoms with Crippen molar-refractivity contribution in [2.24, 2.45) is 4.40 Å². The van der Waals surface area contributed by atoms with Crippen LogP contribution in [-0.2, 0) is 14.8 Å². The number of likely N-dealkylation sites (tertiary alicyclic amines) is 2. The maximum Gasteiger partial charge on any atom is 0.285 e. The number of aromatic nitrogens is 1. The number of nitrogens with one attached hydrogen (secondary N) is 1. The van der Waals surface area contributed by atoms with Gasteiger partial charge in [-0.15, -0.1) is 4.40 Å². The number of nitrogens with zero attached hydrogens (tertiary/aromatic N) is 3. The number of ether oxygens (including phenoxy) is 1. The molecule has 3 aromatic rings. The van der Waals surface area contributed by atoms with E-state index in [1.54, 1.807) is 25.3 Å². The van der Waals surface area contributed by atoms with E-state index < -0.39 is 10.0 Å². The number of piperidine rings is 1. The molecular formula is C26H28N4O4S. The molecule has 6 rings (SSSR count). The van der Waals surface area contributed by atoms with Crippen LogP contribution < -0.4 is 4.74 Å². The molecule has 2 fully saturated rings. The minimum absolute atomic E-state index is 0.0750. The zero-order valence-corrected chi connectivity index (χ0v) is 20.4. The van der Waals surface area contributed by atoms with E-state index in [-0.39, 0.29) is 16.8 Å². The number of H-pyrrole nitrogens is 1. The molecule has 2 aromatic carbocycles. The molecule has 1 aromatic heterocycles. The van der Waals surface area contributed by atoms with Crippen LogP contribution in [0, 0.1) is 0 Å². The first-order valence-corrected chi connectivity index (χ1v) is 13.5. The topological polar surface area (TPSA) is 95.1 Å². The lowest BCUT2D eigenvalue weighted by Crippen LogP contribution is -2.49. The van der Waals surface area contributed by atoms with Gasteiger partial charge in [-0.25, -0.2) is 0 Å². The van der Waals surface area contributed by atoms with Crippen molar-refractivity contribution in [2.45, 2.75) is 42.5 Å². The number of carbonyl (C=O) groups is 1. The maximum absolute atomic E-state index is 13.6. The van der Waals surface area contributed by atoms with E-state index in [4.69, 9.17) is 4.74 Å². The van der Waals surface area contributed by atoms with E-state index in [1.165, 1.54) is 10.9 Å². The first kappa shape index (κ1) is 22.2. The number of aromatic amines is 1. The highest BCUT2D eigenvalue weighted by Gasteiger charge is 2.41. The molecule has 182 valence electrons. The third-order valence-corrected chi connectivity index (χ3v) is 8.91. The highest BCUT2D eigenvalue weighted by Crippen LogP contribution is 2.36. The molecule has 3 aliphatic heterocycles. The van der Waals surface area contributed by atoms with Gasteiger partial charge in [-0.2, -0.15) is 8.42 Å². The number of rotatable bonds is 3. The fraction of sp³-hybridized carbons (Fsp3) is 0.385. The Kier molecular flexibility index (Phi) is 5.32. The van der Waals surface area contributed by atoms with Gasteiger partial charge in [0.1, 0.15) is 16.7 Å². The minimum atomic E-state index is -3.71. The van der Waals surface area contributed by atoms with Crippen LogP contribution in [0.1, 0.15) is 42.7 Å². The Bertz CT molecular complexity index is 1440. The molecule has 0 saturated carbocycles. The van der Waals surface area contributed by atoms with Crippen molar-refractivity contribution < 1.29 is 17.9 Å². The molecule has 0 bridgehead atoms. The molecule has 0 unspecified atom stereocenters. The molecule has 0 spiro atoms. The van der Waals surface area contributed by atoms with Gasteiger partial charge in [0.25, 0.3) is 10.0 Å². The predicted octanol–water partition coefficient (Wildman–Crippen LogP) is 3.50. The molecule has 9 heteroatoms. The lowest BCUT2D eigenvalue weighted by atomic mass is 9.89. The number of benzene rings is 2. The van der Waals surface area contributed by atoms with Crippen molar-refractivity contribution in [3.05, 3.63) is 59.8 Å².